The Balaban J connectivity index is 1.84. The van der Waals surface area contributed by atoms with E-state index in [1.165, 1.54) is 32.1 Å². The summed E-state index contributed by atoms with van der Waals surface area (Å²) in [6, 6.07) is 0.206. The first-order valence-electron chi connectivity index (χ1n) is 7.01. The number of nitrogens with zero attached hydrogens (tertiary/aromatic N) is 2. The molecule has 3 nitrogen and oxygen atoms in total. The summed E-state index contributed by atoms with van der Waals surface area (Å²) >= 11 is 6.25. The van der Waals surface area contributed by atoms with Gasteiger partial charge in [-0.25, -0.2) is 0 Å². The first kappa shape index (κ1) is 13.9. The van der Waals surface area contributed by atoms with Crippen LogP contribution in [0.25, 0.3) is 0 Å². The summed E-state index contributed by atoms with van der Waals surface area (Å²) in [5.41, 5.74) is 8.21. The zero-order chi connectivity index (χ0) is 13.1. The van der Waals surface area contributed by atoms with Gasteiger partial charge in [0.2, 0.25) is 0 Å². The molecule has 2 rings (SSSR count). The Kier molecular flexibility index (Phi) is 4.68. The molecule has 1 fully saturated rings. The lowest BCUT2D eigenvalue weighted by molar-refractivity contribution is 0.443. The van der Waals surface area contributed by atoms with Gasteiger partial charge in [-0.1, -0.05) is 37.3 Å². The van der Waals surface area contributed by atoms with E-state index in [2.05, 4.69) is 5.10 Å². The Labute approximate surface area is 115 Å². The van der Waals surface area contributed by atoms with Crippen molar-refractivity contribution < 1.29 is 0 Å². The van der Waals surface area contributed by atoms with E-state index in [9.17, 15) is 0 Å². The topological polar surface area (TPSA) is 43.8 Å². The summed E-state index contributed by atoms with van der Waals surface area (Å²) in [6.45, 7) is 1.94. The van der Waals surface area contributed by atoms with Gasteiger partial charge in [0, 0.05) is 19.5 Å². The number of nitrogens with two attached hydrogens (primary N) is 1. The lowest BCUT2D eigenvalue weighted by atomic mass is 9.97. The molecule has 0 radical (unpaired) electrons. The fourth-order valence-electron chi connectivity index (χ4n) is 3.00. The van der Waals surface area contributed by atoms with Gasteiger partial charge in [0.05, 0.1) is 16.4 Å². The van der Waals surface area contributed by atoms with Gasteiger partial charge in [0.15, 0.2) is 0 Å². The highest BCUT2D eigenvalue weighted by Crippen LogP contribution is 2.29. The molecule has 102 valence electrons. The lowest BCUT2D eigenvalue weighted by Gasteiger charge is -2.15. The van der Waals surface area contributed by atoms with Gasteiger partial charge in [0.1, 0.15) is 0 Å². The molecule has 18 heavy (non-hydrogen) atoms. The van der Waals surface area contributed by atoms with Gasteiger partial charge < -0.3 is 5.73 Å². The lowest BCUT2D eigenvalue weighted by Crippen LogP contribution is -2.25. The second-order valence-corrected chi connectivity index (χ2v) is 6.04. The molecule has 1 unspecified atom stereocenters. The standard InChI is InChI=1S/C14H24ClN3/c1-10-14(15)13(18(2)17-10)9-12(16)8-7-11-5-3-4-6-11/h11-12H,3-9,16H2,1-2H3. The second kappa shape index (κ2) is 6.07. The van der Waals surface area contributed by atoms with E-state index in [0.29, 0.717) is 0 Å². The number of aryl methyl sites for hydroxylation is 2. The number of halogens is 1. The van der Waals surface area contributed by atoms with Crippen LogP contribution in [0.15, 0.2) is 0 Å². The summed E-state index contributed by atoms with van der Waals surface area (Å²) in [7, 11) is 1.94. The van der Waals surface area contributed by atoms with Crippen LogP contribution in [-0.4, -0.2) is 15.8 Å². The molecule has 0 saturated heterocycles. The predicted molar refractivity (Wildman–Crippen MR) is 75.8 cm³/mol. The summed E-state index contributed by atoms with van der Waals surface area (Å²) in [5.74, 6) is 0.916. The molecular weight excluding hydrogens is 246 g/mol. The third kappa shape index (κ3) is 3.27. The molecule has 2 N–H and O–H groups in total. The number of hydrogen-bond acceptors (Lipinski definition) is 2. The Bertz CT molecular complexity index is 394. The number of rotatable bonds is 5. The molecule has 1 aromatic heterocycles. The van der Waals surface area contributed by atoms with Crippen LogP contribution in [0.3, 0.4) is 0 Å². The van der Waals surface area contributed by atoms with Crippen molar-refractivity contribution in [3.63, 3.8) is 0 Å². The molecule has 0 amide bonds. The smallest absolute Gasteiger partial charge is 0.0847 e. The van der Waals surface area contributed by atoms with Crippen LogP contribution in [0, 0.1) is 12.8 Å². The monoisotopic (exact) mass is 269 g/mol. The molecule has 1 atom stereocenters. The van der Waals surface area contributed by atoms with E-state index in [1.807, 2.05) is 18.7 Å². The van der Waals surface area contributed by atoms with Gasteiger partial charge in [-0.3, -0.25) is 4.68 Å². The van der Waals surface area contributed by atoms with Crippen LogP contribution in [0.1, 0.15) is 49.9 Å². The van der Waals surface area contributed by atoms with Crippen molar-refractivity contribution in [1.29, 1.82) is 0 Å². The van der Waals surface area contributed by atoms with E-state index < -0.39 is 0 Å². The minimum atomic E-state index is 0.206. The molecule has 0 aromatic carbocycles. The van der Waals surface area contributed by atoms with Crippen molar-refractivity contribution in [3.05, 3.63) is 16.4 Å². The molecule has 0 spiro atoms. The Hall–Kier alpha value is -0.540. The maximum atomic E-state index is 6.25. The number of hydrogen-bond donors (Lipinski definition) is 1. The van der Waals surface area contributed by atoms with E-state index in [1.54, 1.807) is 0 Å². The maximum absolute atomic E-state index is 6.25. The molecule has 1 aliphatic carbocycles. The largest absolute Gasteiger partial charge is 0.327 e. The van der Waals surface area contributed by atoms with Gasteiger partial charge in [0.25, 0.3) is 0 Å². The van der Waals surface area contributed by atoms with Crippen molar-refractivity contribution in [1.82, 2.24) is 9.78 Å². The Morgan fingerprint density at radius 2 is 2.11 bits per heavy atom. The maximum Gasteiger partial charge on any atom is 0.0847 e. The summed E-state index contributed by atoms with van der Waals surface area (Å²) in [6.07, 6.45) is 8.83. The second-order valence-electron chi connectivity index (χ2n) is 5.66. The number of aromatic nitrogens is 2. The summed E-state index contributed by atoms with van der Waals surface area (Å²) in [5, 5.41) is 5.12. The fraction of sp³-hybridized carbons (Fsp3) is 0.786. The molecule has 1 aliphatic rings. The van der Waals surface area contributed by atoms with E-state index in [-0.39, 0.29) is 6.04 Å². The average Bonchev–Trinajstić information content (AvgIpc) is 2.92. The normalized spacial score (nSPS) is 18.4. The van der Waals surface area contributed by atoms with Crippen LogP contribution in [-0.2, 0) is 13.5 Å². The molecule has 1 heterocycles. The average molecular weight is 270 g/mol. The van der Waals surface area contributed by atoms with Crippen LogP contribution >= 0.6 is 11.6 Å². The zero-order valence-corrected chi connectivity index (χ0v) is 12.2. The molecule has 0 bridgehead atoms. The Morgan fingerprint density at radius 1 is 1.44 bits per heavy atom. The molecular formula is C14H24ClN3. The molecule has 1 saturated carbocycles. The van der Waals surface area contributed by atoms with Crippen molar-refractivity contribution >= 4 is 11.6 Å². The minimum Gasteiger partial charge on any atom is -0.327 e. The third-order valence-corrected chi connectivity index (χ3v) is 4.63. The third-order valence-electron chi connectivity index (χ3n) is 4.14. The Morgan fingerprint density at radius 3 is 2.67 bits per heavy atom. The highest BCUT2D eigenvalue weighted by Gasteiger charge is 2.18. The minimum absolute atomic E-state index is 0.206. The van der Waals surface area contributed by atoms with Crippen molar-refractivity contribution in [2.24, 2.45) is 18.7 Å². The van der Waals surface area contributed by atoms with Crippen LogP contribution in [0.5, 0.6) is 0 Å². The van der Waals surface area contributed by atoms with E-state index in [0.717, 1.165) is 35.2 Å². The first-order valence-corrected chi connectivity index (χ1v) is 7.39. The molecule has 1 aromatic rings. The van der Waals surface area contributed by atoms with Gasteiger partial charge >= 0.3 is 0 Å². The predicted octanol–water partition coefficient (Wildman–Crippen LogP) is 3.22. The highest BCUT2D eigenvalue weighted by molar-refractivity contribution is 6.31. The van der Waals surface area contributed by atoms with Crippen molar-refractivity contribution in [3.8, 4) is 0 Å². The molecule has 4 heteroatoms. The van der Waals surface area contributed by atoms with Gasteiger partial charge in [-0.15, -0.1) is 0 Å². The highest BCUT2D eigenvalue weighted by atomic mass is 35.5. The van der Waals surface area contributed by atoms with Crippen LogP contribution in [0.2, 0.25) is 5.02 Å². The van der Waals surface area contributed by atoms with E-state index in [4.69, 9.17) is 17.3 Å². The summed E-state index contributed by atoms with van der Waals surface area (Å²) in [4.78, 5) is 0. The first-order chi connectivity index (χ1) is 8.58. The fourth-order valence-corrected chi connectivity index (χ4v) is 3.24. The summed E-state index contributed by atoms with van der Waals surface area (Å²) < 4.78 is 1.87. The van der Waals surface area contributed by atoms with Crippen LogP contribution < -0.4 is 5.73 Å². The van der Waals surface area contributed by atoms with Gasteiger partial charge in [-0.2, -0.15) is 5.10 Å². The quantitative estimate of drug-likeness (QED) is 0.892. The van der Waals surface area contributed by atoms with Gasteiger partial charge in [-0.05, 0) is 25.7 Å². The van der Waals surface area contributed by atoms with E-state index >= 15 is 0 Å². The molecule has 0 aliphatic heterocycles. The van der Waals surface area contributed by atoms with Crippen LogP contribution in [0.4, 0.5) is 0 Å². The SMILES string of the molecule is Cc1nn(C)c(CC(N)CCC2CCCC2)c1Cl. The van der Waals surface area contributed by atoms with Crippen molar-refractivity contribution in [2.75, 3.05) is 0 Å². The zero-order valence-electron chi connectivity index (χ0n) is 11.5. The van der Waals surface area contributed by atoms with Crippen molar-refractivity contribution in [2.45, 2.75) is 57.9 Å².